The van der Waals surface area contributed by atoms with Gasteiger partial charge in [-0.05, 0) is 41.8 Å². The highest BCUT2D eigenvalue weighted by Gasteiger charge is 1.98. The molecule has 0 saturated heterocycles. The van der Waals surface area contributed by atoms with Gasteiger partial charge in [-0.3, -0.25) is 0 Å². The summed E-state index contributed by atoms with van der Waals surface area (Å²) < 4.78 is 10.3. The number of aliphatic imine (C=N–C) groups is 1. The normalized spacial score (nSPS) is 11.1. The molecule has 0 aliphatic rings. The van der Waals surface area contributed by atoms with Crippen LogP contribution in [-0.2, 0) is 13.0 Å². The van der Waals surface area contributed by atoms with Crippen molar-refractivity contribution in [3.8, 4) is 11.5 Å². The molecule has 0 aromatic heterocycles. The van der Waals surface area contributed by atoms with Gasteiger partial charge in [-0.25, -0.2) is 4.99 Å². The Hall–Kier alpha value is -2.69. The molecule has 0 aliphatic carbocycles. The third kappa shape index (κ3) is 5.54. The molecule has 2 aromatic carbocycles. The van der Waals surface area contributed by atoms with Gasteiger partial charge in [0.05, 0.1) is 20.8 Å². The van der Waals surface area contributed by atoms with Crippen molar-refractivity contribution in [2.24, 2.45) is 10.7 Å². The van der Waals surface area contributed by atoms with Crippen molar-refractivity contribution < 1.29 is 9.47 Å². The number of nitrogens with one attached hydrogen (secondary N) is 1. The molecule has 5 heteroatoms. The maximum atomic E-state index is 5.89. The molecule has 0 aliphatic heterocycles. The average Bonchev–Trinajstić information content (AvgIpc) is 2.61. The number of guanidine groups is 1. The van der Waals surface area contributed by atoms with Gasteiger partial charge in [0.25, 0.3) is 0 Å². The standard InChI is InChI=1S/C18H23N3O2/c1-22-16-8-6-14(7-9-16)10-11-20-18(19)21-13-15-4-3-5-17(12-15)23-2/h3-9,12H,10-11,13H2,1-2H3,(H3,19,20,21). The first-order chi connectivity index (χ1) is 11.2. The first-order valence-corrected chi connectivity index (χ1v) is 7.51. The van der Waals surface area contributed by atoms with Gasteiger partial charge < -0.3 is 20.5 Å². The van der Waals surface area contributed by atoms with Crippen LogP contribution >= 0.6 is 0 Å². The second-order valence-corrected chi connectivity index (χ2v) is 5.08. The summed E-state index contributed by atoms with van der Waals surface area (Å²) in [4.78, 5) is 4.34. The van der Waals surface area contributed by atoms with Crippen molar-refractivity contribution in [3.05, 3.63) is 59.7 Å². The minimum absolute atomic E-state index is 0.446. The van der Waals surface area contributed by atoms with E-state index in [0.717, 1.165) is 30.0 Å². The Kier molecular flexibility index (Phi) is 6.29. The van der Waals surface area contributed by atoms with Crippen LogP contribution in [0.5, 0.6) is 11.5 Å². The molecule has 0 radical (unpaired) electrons. The van der Waals surface area contributed by atoms with E-state index in [9.17, 15) is 0 Å². The van der Waals surface area contributed by atoms with Gasteiger partial charge in [0.15, 0.2) is 5.96 Å². The summed E-state index contributed by atoms with van der Waals surface area (Å²) in [7, 11) is 3.31. The van der Waals surface area contributed by atoms with Crippen molar-refractivity contribution in [1.82, 2.24) is 5.32 Å². The lowest BCUT2D eigenvalue weighted by Gasteiger charge is -2.07. The zero-order valence-corrected chi connectivity index (χ0v) is 13.6. The fourth-order valence-corrected chi connectivity index (χ4v) is 2.13. The van der Waals surface area contributed by atoms with E-state index < -0.39 is 0 Å². The largest absolute Gasteiger partial charge is 0.497 e. The van der Waals surface area contributed by atoms with Crippen LogP contribution in [0.3, 0.4) is 0 Å². The van der Waals surface area contributed by atoms with E-state index in [1.807, 2.05) is 48.5 Å². The Morgan fingerprint density at radius 2 is 1.74 bits per heavy atom. The topological polar surface area (TPSA) is 68.9 Å². The number of nitrogens with zero attached hydrogens (tertiary/aromatic N) is 1. The molecule has 2 rings (SSSR count). The van der Waals surface area contributed by atoms with E-state index in [-0.39, 0.29) is 0 Å². The number of hydrogen-bond acceptors (Lipinski definition) is 3. The van der Waals surface area contributed by atoms with Crippen molar-refractivity contribution >= 4 is 5.96 Å². The van der Waals surface area contributed by atoms with Crippen LogP contribution in [0.2, 0.25) is 0 Å². The molecule has 122 valence electrons. The quantitative estimate of drug-likeness (QED) is 0.608. The van der Waals surface area contributed by atoms with Gasteiger partial charge in [-0.1, -0.05) is 24.3 Å². The van der Waals surface area contributed by atoms with Crippen molar-refractivity contribution in [2.75, 3.05) is 20.8 Å². The summed E-state index contributed by atoms with van der Waals surface area (Å²) >= 11 is 0. The molecule has 0 heterocycles. The Balaban J connectivity index is 1.78. The van der Waals surface area contributed by atoms with Gasteiger partial charge in [0.1, 0.15) is 11.5 Å². The monoisotopic (exact) mass is 313 g/mol. The molecule has 0 bridgehead atoms. The van der Waals surface area contributed by atoms with E-state index in [1.165, 1.54) is 5.56 Å². The molecule has 2 aromatic rings. The third-order valence-corrected chi connectivity index (χ3v) is 3.44. The van der Waals surface area contributed by atoms with E-state index in [0.29, 0.717) is 12.5 Å². The second kappa shape index (κ2) is 8.68. The zero-order valence-electron chi connectivity index (χ0n) is 13.6. The van der Waals surface area contributed by atoms with Crippen LogP contribution in [0.25, 0.3) is 0 Å². The first kappa shape index (κ1) is 16.7. The number of nitrogens with two attached hydrogens (primary N) is 1. The predicted octanol–water partition coefficient (Wildman–Crippen LogP) is 2.35. The third-order valence-electron chi connectivity index (χ3n) is 3.44. The summed E-state index contributed by atoms with van der Waals surface area (Å²) in [6, 6.07) is 15.8. The minimum atomic E-state index is 0.446. The highest BCUT2D eigenvalue weighted by Crippen LogP contribution is 2.13. The lowest BCUT2D eigenvalue weighted by molar-refractivity contribution is 0.414. The molecule has 23 heavy (non-hydrogen) atoms. The van der Waals surface area contributed by atoms with E-state index in [2.05, 4.69) is 10.3 Å². The maximum absolute atomic E-state index is 5.89. The lowest BCUT2D eigenvalue weighted by Crippen LogP contribution is -2.33. The van der Waals surface area contributed by atoms with Crippen LogP contribution in [0.15, 0.2) is 53.5 Å². The fourth-order valence-electron chi connectivity index (χ4n) is 2.13. The molecule has 0 saturated carbocycles. The van der Waals surface area contributed by atoms with Gasteiger partial charge in [-0.15, -0.1) is 0 Å². The molecule has 0 fully saturated rings. The smallest absolute Gasteiger partial charge is 0.188 e. The second-order valence-electron chi connectivity index (χ2n) is 5.08. The van der Waals surface area contributed by atoms with Gasteiger partial charge in [-0.2, -0.15) is 0 Å². The van der Waals surface area contributed by atoms with E-state index >= 15 is 0 Å². The number of hydrogen-bond donors (Lipinski definition) is 2. The van der Waals surface area contributed by atoms with Gasteiger partial charge >= 0.3 is 0 Å². The van der Waals surface area contributed by atoms with Crippen molar-refractivity contribution in [1.29, 1.82) is 0 Å². The number of methoxy groups -OCH3 is 2. The summed E-state index contributed by atoms with van der Waals surface area (Å²) in [6.07, 6.45) is 0.874. The van der Waals surface area contributed by atoms with Crippen LogP contribution in [0.1, 0.15) is 11.1 Å². The summed E-state index contributed by atoms with van der Waals surface area (Å²) in [5.74, 6) is 2.13. The highest BCUT2D eigenvalue weighted by atomic mass is 16.5. The maximum Gasteiger partial charge on any atom is 0.188 e. The first-order valence-electron chi connectivity index (χ1n) is 7.51. The number of rotatable bonds is 7. The molecular formula is C18H23N3O2. The summed E-state index contributed by atoms with van der Waals surface area (Å²) in [5, 5.41) is 3.12. The number of benzene rings is 2. The Morgan fingerprint density at radius 3 is 2.43 bits per heavy atom. The van der Waals surface area contributed by atoms with E-state index in [4.69, 9.17) is 15.2 Å². The Labute approximate surface area is 137 Å². The Morgan fingerprint density at radius 1 is 1.00 bits per heavy atom. The van der Waals surface area contributed by atoms with Crippen LogP contribution in [-0.4, -0.2) is 26.7 Å². The molecule has 0 atom stereocenters. The SMILES string of the molecule is COc1ccc(CCNC(N)=NCc2cccc(OC)c2)cc1. The summed E-state index contributed by atoms with van der Waals surface area (Å²) in [6.45, 7) is 1.26. The zero-order chi connectivity index (χ0) is 16.5. The van der Waals surface area contributed by atoms with Crippen LogP contribution < -0.4 is 20.5 Å². The van der Waals surface area contributed by atoms with Crippen LogP contribution in [0, 0.1) is 0 Å². The Bertz CT molecular complexity index is 639. The average molecular weight is 313 g/mol. The van der Waals surface area contributed by atoms with Crippen LogP contribution in [0.4, 0.5) is 0 Å². The van der Waals surface area contributed by atoms with Crippen molar-refractivity contribution in [3.63, 3.8) is 0 Å². The number of ether oxygens (including phenoxy) is 2. The summed E-state index contributed by atoms with van der Waals surface area (Å²) in [5.41, 5.74) is 8.17. The molecular weight excluding hydrogens is 290 g/mol. The predicted molar refractivity (Wildman–Crippen MR) is 93.0 cm³/mol. The highest BCUT2D eigenvalue weighted by molar-refractivity contribution is 5.77. The van der Waals surface area contributed by atoms with E-state index in [1.54, 1.807) is 14.2 Å². The molecule has 5 nitrogen and oxygen atoms in total. The van der Waals surface area contributed by atoms with Gasteiger partial charge in [0.2, 0.25) is 0 Å². The molecule has 0 spiro atoms. The minimum Gasteiger partial charge on any atom is -0.497 e. The lowest BCUT2D eigenvalue weighted by atomic mass is 10.1. The van der Waals surface area contributed by atoms with Crippen molar-refractivity contribution in [2.45, 2.75) is 13.0 Å². The van der Waals surface area contributed by atoms with Gasteiger partial charge in [0, 0.05) is 6.54 Å². The molecule has 0 unspecified atom stereocenters. The molecule has 0 amide bonds. The molecule has 3 N–H and O–H groups in total. The fraction of sp³-hybridized carbons (Fsp3) is 0.278.